The molecular formula is C20H15F5N4O2. The Kier molecular flexibility index (Phi) is 5.53. The third-order valence-corrected chi connectivity index (χ3v) is 4.64. The highest BCUT2D eigenvalue weighted by Crippen LogP contribution is 2.38. The van der Waals surface area contributed by atoms with Crippen LogP contribution in [0, 0.1) is 11.6 Å². The lowest BCUT2D eigenvalue weighted by Crippen LogP contribution is -2.29. The molecule has 0 radical (unpaired) electrons. The standard InChI is InChI=1S/C20H15F5N4O2/c1-9(11-6-10(26)7-13(17(11)22)20(23,24)25)12-8-16(30)29(28-18(12)19(27)31)15-5-3-2-4-14(15)21/h2-9H,26H2,1H3,(H2,27,31). The fourth-order valence-corrected chi connectivity index (χ4v) is 3.15. The molecule has 3 rings (SSSR count). The Balaban J connectivity index is 2.24. The predicted octanol–water partition coefficient (Wildman–Crippen LogP) is 3.36. The molecule has 0 bridgehead atoms. The number of benzene rings is 2. The Morgan fingerprint density at radius 1 is 1.10 bits per heavy atom. The number of primary amides is 1. The fourth-order valence-electron chi connectivity index (χ4n) is 3.15. The number of rotatable bonds is 4. The van der Waals surface area contributed by atoms with E-state index in [1.807, 2.05) is 0 Å². The minimum absolute atomic E-state index is 0.234. The largest absolute Gasteiger partial charge is 0.419 e. The third-order valence-electron chi connectivity index (χ3n) is 4.64. The number of halogens is 5. The van der Waals surface area contributed by atoms with Crippen molar-refractivity contribution in [3.8, 4) is 5.69 Å². The van der Waals surface area contributed by atoms with Crippen LogP contribution in [0.15, 0.2) is 47.3 Å². The van der Waals surface area contributed by atoms with Gasteiger partial charge in [-0.05, 0) is 35.4 Å². The van der Waals surface area contributed by atoms with Crippen LogP contribution in [0.2, 0.25) is 0 Å². The summed E-state index contributed by atoms with van der Waals surface area (Å²) in [5.41, 5.74) is 6.40. The molecule has 1 unspecified atom stereocenters. The van der Waals surface area contributed by atoms with Gasteiger partial charge in [-0.1, -0.05) is 19.1 Å². The Bertz CT molecular complexity index is 1240. The second kappa shape index (κ2) is 7.82. The average Bonchev–Trinajstić information content (AvgIpc) is 2.68. The van der Waals surface area contributed by atoms with Crippen LogP contribution < -0.4 is 17.0 Å². The molecule has 6 nitrogen and oxygen atoms in total. The molecule has 0 aliphatic rings. The van der Waals surface area contributed by atoms with Crippen LogP contribution in [0.25, 0.3) is 5.69 Å². The minimum Gasteiger partial charge on any atom is -0.399 e. The number of amides is 1. The van der Waals surface area contributed by atoms with Gasteiger partial charge in [0.25, 0.3) is 11.5 Å². The topological polar surface area (TPSA) is 104 Å². The average molecular weight is 438 g/mol. The quantitative estimate of drug-likeness (QED) is 0.482. The zero-order valence-corrected chi connectivity index (χ0v) is 15.9. The number of hydrogen-bond donors (Lipinski definition) is 2. The number of nitrogens with zero attached hydrogens (tertiary/aromatic N) is 2. The van der Waals surface area contributed by atoms with Crippen molar-refractivity contribution in [1.29, 1.82) is 0 Å². The summed E-state index contributed by atoms with van der Waals surface area (Å²) in [5, 5.41) is 3.79. The summed E-state index contributed by atoms with van der Waals surface area (Å²) in [4.78, 5) is 24.5. The molecule has 0 fully saturated rings. The highest BCUT2D eigenvalue weighted by molar-refractivity contribution is 5.92. The lowest BCUT2D eigenvalue weighted by Gasteiger charge is -2.19. The van der Waals surface area contributed by atoms with E-state index in [4.69, 9.17) is 11.5 Å². The van der Waals surface area contributed by atoms with Gasteiger partial charge in [0.1, 0.15) is 17.3 Å². The zero-order chi connectivity index (χ0) is 23.1. The molecule has 0 saturated heterocycles. The van der Waals surface area contributed by atoms with Crippen LogP contribution in [0.5, 0.6) is 0 Å². The maximum absolute atomic E-state index is 14.7. The summed E-state index contributed by atoms with van der Waals surface area (Å²) in [7, 11) is 0. The Labute approximate surface area is 171 Å². The van der Waals surface area contributed by atoms with E-state index in [1.165, 1.54) is 25.1 Å². The van der Waals surface area contributed by atoms with Gasteiger partial charge in [-0.3, -0.25) is 9.59 Å². The van der Waals surface area contributed by atoms with Crippen LogP contribution in [0.3, 0.4) is 0 Å². The van der Waals surface area contributed by atoms with Gasteiger partial charge < -0.3 is 11.5 Å². The van der Waals surface area contributed by atoms with Crippen LogP contribution in [0.4, 0.5) is 27.6 Å². The molecule has 1 aromatic heterocycles. The van der Waals surface area contributed by atoms with Crippen molar-refractivity contribution in [2.45, 2.75) is 19.0 Å². The molecule has 11 heteroatoms. The maximum Gasteiger partial charge on any atom is 0.419 e. The molecule has 3 aromatic rings. The lowest BCUT2D eigenvalue weighted by molar-refractivity contribution is -0.140. The predicted molar refractivity (Wildman–Crippen MR) is 102 cm³/mol. The molecule has 1 atom stereocenters. The number of nitrogen functional groups attached to an aromatic ring is 1. The molecule has 4 N–H and O–H groups in total. The molecule has 162 valence electrons. The van der Waals surface area contributed by atoms with Crippen molar-refractivity contribution in [3.63, 3.8) is 0 Å². The smallest absolute Gasteiger partial charge is 0.399 e. The Morgan fingerprint density at radius 3 is 2.32 bits per heavy atom. The molecule has 0 aliphatic carbocycles. The summed E-state index contributed by atoms with van der Waals surface area (Å²) in [6.45, 7) is 1.26. The van der Waals surface area contributed by atoms with Crippen molar-refractivity contribution in [3.05, 3.63) is 86.8 Å². The lowest BCUT2D eigenvalue weighted by atomic mass is 9.90. The van der Waals surface area contributed by atoms with Gasteiger partial charge in [-0.15, -0.1) is 0 Å². The van der Waals surface area contributed by atoms with Gasteiger partial charge in [-0.2, -0.15) is 23.0 Å². The summed E-state index contributed by atoms with van der Waals surface area (Å²) in [6.07, 6.45) is -5.02. The monoisotopic (exact) mass is 438 g/mol. The second-order valence-electron chi connectivity index (χ2n) is 6.71. The molecule has 1 amide bonds. The van der Waals surface area contributed by atoms with Crippen molar-refractivity contribution in [2.24, 2.45) is 5.73 Å². The van der Waals surface area contributed by atoms with E-state index in [-0.39, 0.29) is 16.9 Å². The molecule has 0 aliphatic heterocycles. The van der Waals surface area contributed by atoms with Crippen LogP contribution in [0.1, 0.15) is 40.0 Å². The first kappa shape index (κ1) is 21.9. The van der Waals surface area contributed by atoms with Gasteiger partial charge in [0.05, 0.1) is 5.56 Å². The second-order valence-corrected chi connectivity index (χ2v) is 6.71. The van der Waals surface area contributed by atoms with Crippen molar-refractivity contribution in [2.75, 3.05) is 5.73 Å². The number of carbonyl (C=O) groups excluding carboxylic acids is 1. The van der Waals surface area contributed by atoms with E-state index in [0.29, 0.717) is 10.7 Å². The summed E-state index contributed by atoms with van der Waals surface area (Å²) in [5.74, 6) is -4.83. The summed E-state index contributed by atoms with van der Waals surface area (Å²) >= 11 is 0. The van der Waals surface area contributed by atoms with Gasteiger partial charge in [0.15, 0.2) is 5.69 Å². The van der Waals surface area contributed by atoms with Crippen LogP contribution in [-0.2, 0) is 6.18 Å². The van der Waals surface area contributed by atoms with Gasteiger partial charge in [0.2, 0.25) is 0 Å². The highest BCUT2D eigenvalue weighted by Gasteiger charge is 2.36. The van der Waals surface area contributed by atoms with E-state index in [1.54, 1.807) is 0 Å². The normalized spacial score (nSPS) is 12.6. The first-order valence-electron chi connectivity index (χ1n) is 8.77. The first-order chi connectivity index (χ1) is 14.4. The number of carbonyl (C=O) groups is 1. The number of alkyl halides is 3. The maximum atomic E-state index is 14.7. The Hall–Kier alpha value is -3.76. The summed E-state index contributed by atoms with van der Waals surface area (Å²) < 4.78 is 68.8. The van der Waals surface area contributed by atoms with Crippen molar-refractivity contribution >= 4 is 11.6 Å². The molecule has 2 aromatic carbocycles. The first-order valence-corrected chi connectivity index (χ1v) is 8.77. The van der Waals surface area contributed by atoms with E-state index in [0.717, 1.165) is 18.2 Å². The molecule has 1 heterocycles. The summed E-state index contributed by atoms with van der Waals surface area (Å²) in [6, 6.07) is 7.33. The van der Waals surface area contributed by atoms with Crippen LogP contribution in [-0.4, -0.2) is 15.7 Å². The van der Waals surface area contributed by atoms with E-state index < -0.39 is 52.0 Å². The third kappa shape index (κ3) is 4.11. The van der Waals surface area contributed by atoms with Gasteiger partial charge >= 0.3 is 6.18 Å². The zero-order valence-electron chi connectivity index (χ0n) is 15.9. The number of anilines is 1. The Morgan fingerprint density at radius 2 is 1.74 bits per heavy atom. The van der Waals surface area contributed by atoms with Crippen molar-refractivity contribution < 1.29 is 26.7 Å². The van der Waals surface area contributed by atoms with Crippen LogP contribution >= 0.6 is 0 Å². The molecule has 31 heavy (non-hydrogen) atoms. The van der Waals surface area contributed by atoms with Gasteiger partial charge in [0, 0.05) is 17.7 Å². The molecular weight excluding hydrogens is 423 g/mol. The molecule has 0 spiro atoms. The van der Waals surface area contributed by atoms with E-state index in [2.05, 4.69) is 5.10 Å². The van der Waals surface area contributed by atoms with E-state index >= 15 is 0 Å². The highest BCUT2D eigenvalue weighted by atomic mass is 19.4. The van der Waals surface area contributed by atoms with Gasteiger partial charge in [-0.25, -0.2) is 8.78 Å². The number of nitrogens with two attached hydrogens (primary N) is 2. The van der Waals surface area contributed by atoms with Crippen molar-refractivity contribution in [1.82, 2.24) is 9.78 Å². The van der Waals surface area contributed by atoms with E-state index in [9.17, 15) is 31.5 Å². The number of aromatic nitrogens is 2. The number of para-hydroxylation sites is 1. The fraction of sp³-hybridized carbons (Fsp3) is 0.150. The minimum atomic E-state index is -5.02. The molecule has 0 saturated carbocycles. The SMILES string of the molecule is CC(c1cc(=O)n(-c2ccccc2F)nc1C(N)=O)c1cc(N)cc(C(F)(F)F)c1F. The number of hydrogen-bond acceptors (Lipinski definition) is 4.